The maximum Gasteiger partial charge on any atom is 0.0695 e. The maximum absolute atomic E-state index is 9.89. The van der Waals surface area contributed by atoms with Gasteiger partial charge in [-0.1, -0.05) is 24.3 Å². The Balaban J connectivity index is 1.78. The molecule has 2 nitrogen and oxygen atoms in total. The highest BCUT2D eigenvalue weighted by Gasteiger charge is 2.33. The van der Waals surface area contributed by atoms with Gasteiger partial charge in [0.2, 0.25) is 0 Å². The van der Waals surface area contributed by atoms with Gasteiger partial charge in [-0.3, -0.25) is 4.90 Å². The molecule has 1 fully saturated rings. The van der Waals surface area contributed by atoms with Crippen molar-refractivity contribution in [1.29, 1.82) is 0 Å². The Morgan fingerprint density at radius 2 is 1.73 bits per heavy atom. The van der Waals surface area contributed by atoms with Gasteiger partial charge in [-0.25, -0.2) is 0 Å². The van der Waals surface area contributed by atoms with Crippen molar-refractivity contribution in [2.24, 2.45) is 0 Å². The van der Waals surface area contributed by atoms with Gasteiger partial charge in [-0.05, 0) is 30.4 Å². The minimum absolute atomic E-state index is 0.0979. The van der Waals surface area contributed by atoms with E-state index in [-0.39, 0.29) is 6.10 Å². The molecule has 0 aromatic heterocycles. The van der Waals surface area contributed by atoms with Crippen LogP contribution in [0.1, 0.15) is 30.4 Å². The summed E-state index contributed by atoms with van der Waals surface area (Å²) >= 11 is 0. The highest BCUT2D eigenvalue weighted by atomic mass is 16.3. The summed E-state index contributed by atoms with van der Waals surface area (Å²) in [6.07, 6.45) is 3.23. The zero-order valence-electron chi connectivity index (χ0n) is 8.89. The van der Waals surface area contributed by atoms with Gasteiger partial charge in [0.05, 0.1) is 6.10 Å². The number of hydrogen-bond acceptors (Lipinski definition) is 2. The number of aliphatic hydroxyl groups excluding tert-OH is 1. The molecule has 0 saturated heterocycles. The van der Waals surface area contributed by atoms with Crippen molar-refractivity contribution < 1.29 is 5.11 Å². The minimum atomic E-state index is -0.0979. The minimum Gasteiger partial charge on any atom is -0.391 e. The molecule has 1 aliphatic heterocycles. The van der Waals surface area contributed by atoms with E-state index in [1.165, 1.54) is 17.5 Å². The van der Waals surface area contributed by atoms with Crippen molar-refractivity contribution in [3.63, 3.8) is 0 Å². The standard InChI is InChI=1S/C13H17NO/c15-13-7-3-6-12(13)14-8-10-4-1-2-5-11(10)9-14/h1-2,4-5,12-13,15H,3,6-9H2/t12-,13-/m0/s1. The van der Waals surface area contributed by atoms with Crippen LogP contribution in [-0.2, 0) is 13.1 Å². The molecule has 1 aliphatic carbocycles. The Bertz CT molecular complexity index is 338. The second-order valence-corrected chi connectivity index (χ2v) is 4.74. The number of aliphatic hydroxyl groups is 1. The first-order chi connectivity index (χ1) is 7.34. The van der Waals surface area contributed by atoms with Crippen LogP contribution in [-0.4, -0.2) is 22.2 Å². The van der Waals surface area contributed by atoms with Crippen LogP contribution in [0.2, 0.25) is 0 Å². The van der Waals surface area contributed by atoms with Gasteiger partial charge in [0.1, 0.15) is 0 Å². The molecular formula is C13H17NO. The molecule has 0 radical (unpaired) electrons. The van der Waals surface area contributed by atoms with Gasteiger partial charge in [0.25, 0.3) is 0 Å². The van der Waals surface area contributed by atoms with Crippen LogP contribution in [0.4, 0.5) is 0 Å². The molecule has 1 heterocycles. The van der Waals surface area contributed by atoms with E-state index < -0.39 is 0 Å². The number of nitrogens with zero attached hydrogens (tertiary/aromatic N) is 1. The van der Waals surface area contributed by atoms with Gasteiger partial charge in [-0.15, -0.1) is 0 Å². The zero-order valence-corrected chi connectivity index (χ0v) is 8.89. The van der Waals surface area contributed by atoms with E-state index in [0.717, 1.165) is 25.9 Å². The van der Waals surface area contributed by atoms with Crippen molar-refractivity contribution in [1.82, 2.24) is 4.90 Å². The second kappa shape index (κ2) is 3.62. The quantitative estimate of drug-likeness (QED) is 0.753. The zero-order chi connectivity index (χ0) is 10.3. The molecule has 15 heavy (non-hydrogen) atoms. The fourth-order valence-corrected chi connectivity index (χ4v) is 2.94. The summed E-state index contributed by atoms with van der Waals surface area (Å²) in [6, 6.07) is 9.02. The smallest absolute Gasteiger partial charge is 0.0695 e. The van der Waals surface area contributed by atoms with Gasteiger partial charge in [0, 0.05) is 19.1 Å². The van der Waals surface area contributed by atoms with Crippen LogP contribution >= 0.6 is 0 Å². The first-order valence-corrected chi connectivity index (χ1v) is 5.83. The fraction of sp³-hybridized carbons (Fsp3) is 0.538. The molecule has 1 aromatic rings. The summed E-state index contributed by atoms with van der Waals surface area (Å²) in [7, 11) is 0. The fourth-order valence-electron chi connectivity index (χ4n) is 2.94. The molecule has 0 unspecified atom stereocenters. The van der Waals surface area contributed by atoms with Crippen LogP contribution in [0.25, 0.3) is 0 Å². The number of fused-ring (bicyclic) bond motifs is 1. The highest BCUT2D eigenvalue weighted by molar-refractivity contribution is 5.30. The third-order valence-electron chi connectivity index (χ3n) is 3.78. The lowest BCUT2D eigenvalue weighted by Gasteiger charge is -2.26. The predicted molar refractivity (Wildman–Crippen MR) is 59.3 cm³/mol. The molecule has 80 valence electrons. The van der Waals surface area contributed by atoms with Crippen molar-refractivity contribution in [3.05, 3.63) is 35.4 Å². The highest BCUT2D eigenvalue weighted by Crippen LogP contribution is 2.31. The summed E-state index contributed by atoms with van der Waals surface area (Å²) in [5.74, 6) is 0. The predicted octanol–water partition coefficient (Wildman–Crippen LogP) is 1.92. The summed E-state index contributed by atoms with van der Waals surface area (Å²) in [5, 5.41) is 9.89. The van der Waals surface area contributed by atoms with E-state index >= 15 is 0 Å². The lowest BCUT2D eigenvalue weighted by molar-refractivity contribution is 0.0690. The summed E-state index contributed by atoms with van der Waals surface area (Å²) in [6.45, 7) is 2.05. The molecule has 0 amide bonds. The van der Waals surface area contributed by atoms with Crippen LogP contribution in [0, 0.1) is 0 Å². The maximum atomic E-state index is 9.89. The largest absolute Gasteiger partial charge is 0.391 e. The number of rotatable bonds is 1. The molecule has 2 aliphatic rings. The van der Waals surface area contributed by atoms with Gasteiger partial charge in [0.15, 0.2) is 0 Å². The van der Waals surface area contributed by atoms with Gasteiger partial charge < -0.3 is 5.11 Å². The first kappa shape index (κ1) is 9.37. The summed E-state index contributed by atoms with van der Waals surface area (Å²) in [4.78, 5) is 2.43. The SMILES string of the molecule is O[C@H]1CCC[C@@H]1N1Cc2ccccc2C1. The van der Waals surface area contributed by atoms with Crippen molar-refractivity contribution in [2.75, 3.05) is 0 Å². The Hall–Kier alpha value is -0.860. The Morgan fingerprint density at radius 1 is 1.07 bits per heavy atom. The van der Waals surface area contributed by atoms with Gasteiger partial charge >= 0.3 is 0 Å². The van der Waals surface area contributed by atoms with E-state index in [2.05, 4.69) is 29.2 Å². The van der Waals surface area contributed by atoms with Crippen molar-refractivity contribution >= 4 is 0 Å². The molecule has 0 spiro atoms. The lowest BCUT2D eigenvalue weighted by atomic mass is 10.1. The second-order valence-electron chi connectivity index (χ2n) is 4.74. The molecular weight excluding hydrogens is 186 g/mol. The Kier molecular flexibility index (Phi) is 2.26. The molecule has 3 rings (SSSR count). The number of hydrogen-bond donors (Lipinski definition) is 1. The molecule has 1 saturated carbocycles. The van der Waals surface area contributed by atoms with Crippen molar-refractivity contribution in [2.45, 2.75) is 44.5 Å². The van der Waals surface area contributed by atoms with E-state index in [9.17, 15) is 5.11 Å². The third kappa shape index (κ3) is 1.58. The summed E-state index contributed by atoms with van der Waals surface area (Å²) in [5.41, 5.74) is 2.88. The molecule has 1 N–H and O–H groups in total. The first-order valence-electron chi connectivity index (χ1n) is 5.83. The Morgan fingerprint density at radius 3 is 2.27 bits per heavy atom. The van der Waals surface area contributed by atoms with E-state index in [4.69, 9.17) is 0 Å². The number of benzene rings is 1. The van der Waals surface area contributed by atoms with E-state index in [1.54, 1.807) is 0 Å². The van der Waals surface area contributed by atoms with E-state index in [0.29, 0.717) is 6.04 Å². The average molecular weight is 203 g/mol. The summed E-state index contributed by atoms with van der Waals surface area (Å²) < 4.78 is 0. The van der Waals surface area contributed by atoms with Gasteiger partial charge in [-0.2, -0.15) is 0 Å². The van der Waals surface area contributed by atoms with Crippen LogP contribution in [0.5, 0.6) is 0 Å². The lowest BCUT2D eigenvalue weighted by Crippen LogP contribution is -2.36. The topological polar surface area (TPSA) is 23.5 Å². The van der Waals surface area contributed by atoms with Crippen LogP contribution in [0.15, 0.2) is 24.3 Å². The van der Waals surface area contributed by atoms with E-state index in [1.807, 2.05) is 0 Å². The molecule has 2 atom stereocenters. The molecule has 0 bridgehead atoms. The normalized spacial score (nSPS) is 30.7. The van der Waals surface area contributed by atoms with Crippen LogP contribution < -0.4 is 0 Å². The Labute approximate surface area is 90.5 Å². The molecule has 2 heteroatoms. The molecule has 1 aromatic carbocycles. The average Bonchev–Trinajstić information content (AvgIpc) is 2.82. The van der Waals surface area contributed by atoms with Crippen molar-refractivity contribution in [3.8, 4) is 0 Å². The monoisotopic (exact) mass is 203 g/mol. The van der Waals surface area contributed by atoms with Crippen LogP contribution in [0.3, 0.4) is 0 Å². The third-order valence-corrected chi connectivity index (χ3v) is 3.78.